The lowest BCUT2D eigenvalue weighted by Crippen LogP contribution is -2.39. The predicted molar refractivity (Wildman–Crippen MR) is 134 cm³/mol. The van der Waals surface area contributed by atoms with Gasteiger partial charge in [0.2, 0.25) is 5.91 Å². The molecule has 1 aromatic heterocycles. The molecule has 0 aliphatic rings. The van der Waals surface area contributed by atoms with Crippen molar-refractivity contribution in [3.05, 3.63) is 54.1 Å². The summed E-state index contributed by atoms with van der Waals surface area (Å²) in [6, 6.07) is 16.5. The van der Waals surface area contributed by atoms with Crippen molar-refractivity contribution in [2.45, 2.75) is 32.1 Å². The number of carbonyl (C=O) groups excluding carboxylic acids is 1. The molecule has 0 unspecified atom stereocenters. The number of amides is 1. The highest BCUT2D eigenvalue weighted by Crippen LogP contribution is 2.30. The second-order valence-electron chi connectivity index (χ2n) is 6.95. The third-order valence-electron chi connectivity index (χ3n) is 4.93. The summed E-state index contributed by atoms with van der Waals surface area (Å²) in [5, 5.41) is 0.812. The SMILES string of the molecule is CCN(CC)CCN(C(=O)CCSc1ccccc1)c1nc2ccc(C)cc2s1.Cl. The van der Waals surface area contributed by atoms with Crippen LogP contribution in [0.1, 0.15) is 25.8 Å². The van der Waals surface area contributed by atoms with E-state index in [0.29, 0.717) is 13.0 Å². The lowest BCUT2D eigenvalue weighted by atomic mass is 10.2. The maximum absolute atomic E-state index is 13.1. The molecule has 3 rings (SSSR count). The lowest BCUT2D eigenvalue weighted by Gasteiger charge is -2.24. The van der Waals surface area contributed by atoms with E-state index in [1.165, 1.54) is 10.5 Å². The van der Waals surface area contributed by atoms with Crippen LogP contribution in [0.3, 0.4) is 0 Å². The minimum Gasteiger partial charge on any atom is -0.302 e. The Morgan fingerprint density at radius 2 is 1.80 bits per heavy atom. The zero-order chi connectivity index (χ0) is 20.6. The number of fused-ring (bicyclic) bond motifs is 1. The lowest BCUT2D eigenvalue weighted by molar-refractivity contribution is -0.118. The maximum atomic E-state index is 13.1. The van der Waals surface area contributed by atoms with Gasteiger partial charge in [-0.3, -0.25) is 9.69 Å². The maximum Gasteiger partial charge on any atom is 0.229 e. The molecule has 30 heavy (non-hydrogen) atoms. The number of rotatable bonds is 10. The molecule has 0 atom stereocenters. The minimum atomic E-state index is 0. The molecule has 4 nitrogen and oxygen atoms in total. The predicted octanol–water partition coefficient (Wildman–Crippen LogP) is 5.88. The summed E-state index contributed by atoms with van der Waals surface area (Å²) in [6.45, 7) is 9.92. The third kappa shape index (κ3) is 6.71. The molecule has 0 saturated carbocycles. The fourth-order valence-electron chi connectivity index (χ4n) is 3.15. The van der Waals surface area contributed by atoms with Crippen LogP contribution in [-0.2, 0) is 4.79 Å². The molecule has 0 bridgehead atoms. The molecule has 0 aliphatic heterocycles. The van der Waals surface area contributed by atoms with Crippen molar-refractivity contribution < 1.29 is 4.79 Å². The van der Waals surface area contributed by atoms with Gasteiger partial charge in [0.1, 0.15) is 0 Å². The number of hydrogen-bond donors (Lipinski definition) is 0. The topological polar surface area (TPSA) is 36.4 Å². The van der Waals surface area contributed by atoms with Gasteiger partial charge in [0, 0.05) is 30.2 Å². The Morgan fingerprint density at radius 1 is 1.07 bits per heavy atom. The van der Waals surface area contributed by atoms with Gasteiger partial charge in [-0.25, -0.2) is 4.98 Å². The number of thioether (sulfide) groups is 1. The zero-order valence-electron chi connectivity index (χ0n) is 17.8. The monoisotopic (exact) mass is 463 g/mol. The van der Waals surface area contributed by atoms with Crippen LogP contribution in [0.15, 0.2) is 53.4 Å². The summed E-state index contributed by atoms with van der Waals surface area (Å²) >= 11 is 3.34. The Hall–Kier alpha value is -1.60. The van der Waals surface area contributed by atoms with Gasteiger partial charge in [-0.2, -0.15) is 0 Å². The summed E-state index contributed by atoms with van der Waals surface area (Å²) in [5.74, 6) is 0.922. The van der Waals surface area contributed by atoms with Gasteiger partial charge in [0.15, 0.2) is 5.13 Å². The number of hydrogen-bond acceptors (Lipinski definition) is 5. The first kappa shape index (κ1) is 24.7. The number of carbonyl (C=O) groups is 1. The molecule has 0 spiro atoms. The molecule has 1 heterocycles. The van der Waals surface area contributed by atoms with Crippen molar-refractivity contribution in [3.8, 4) is 0 Å². The highest BCUT2D eigenvalue weighted by atomic mass is 35.5. The van der Waals surface area contributed by atoms with Crippen molar-refractivity contribution in [1.29, 1.82) is 0 Å². The molecule has 0 N–H and O–H groups in total. The van der Waals surface area contributed by atoms with E-state index in [1.807, 2.05) is 29.2 Å². The van der Waals surface area contributed by atoms with Gasteiger partial charge in [-0.1, -0.05) is 49.4 Å². The third-order valence-corrected chi connectivity index (χ3v) is 6.98. The summed E-state index contributed by atoms with van der Waals surface area (Å²) < 4.78 is 1.14. The Labute approximate surface area is 194 Å². The number of anilines is 1. The van der Waals surface area contributed by atoms with Crippen molar-refractivity contribution in [2.24, 2.45) is 0 Å². The second kappa shape index (κ2) is 12.3. The number of benzene rings is 2. The summed E-state index contributed by atoms with van der Waals surface area (Å²) in [5.41, 5.74) is 2.18. The molecule has 0 aliphatic carbocycles. The van der Waals surface area contributed by atoms with Crippen LogP contribution in [0.4, 0.5) is 5.13 Å². The van der Waals surface area contributed by atoms with Crippen LogP contribution in [0.25, 0.3) is 10.2 Å². The molecule has 3 aromatic rings. The molecule has 0 fully saturated rings. The molecule has 7 heteroatoms. The fourth-order valence-corrected chi connectivity index (χ4v) is 5.12. The van der Waals surface area contributed by atoms with E-state index in [2.05, 4.69) is 49.9 Å². The van der Waals surface area contributed by atoms with Crippen LogP contribution in [-0.4, -0.2) is 47.7 Å². The van der Waals surface area contributed by atoms with Crippen LogP contribution in [0.2, 0.25) is 0 Å². The van der Waals surface area contributed by atoms with Gasteiger partial charge >= 0.3 is 0 Å². The first-order valence-electron chi connectivity index (χ1n) is 10.2. The molecule has 0 saturated heterocycles. The first-order valence-corrected chi connectivity index (χ1v) is 12.0. The number of aromatic nitrogens is 1. The average Bonchev–Trinajstić information content (AvgIpc) is 3.14. The molecular formula is C23H30ClN3OS2. The average molecular weight is 464 g/mol. The van der Waals surface area contributed by atoms with E-state index in [4.69, 9.17) is 4.98 Å². The van der Waals surface area contributed by atoms with Crippen LogP contribution in [0, 0.1) is 6.92 Å². The van der Waals surface area contributed by atoms with E-state index in [0.717, 1.165) is 40.7 Å². The standard InChI is InChI=1S/C23H29N3OS2.ClH/c1-4-25(5-2)14-15-26(22(27)13-16-28-19-9-7-6-8-10-19)23-24-20-12-11-18(3)17-21(20)29-23;/h6-12,17H,4-5,13-16H2,1-3H3;1H. The van der Waals surface area contributed by atoms with Crippen LogP contribution in [0.5, 0.6) is 0 Å². The molecule has 162 valence electrons. The molecule has 2 aromatic carbocycles. The van der Waals surface area contributed by atoms with E-state index in [9.17, 15) is 4.79 Å². The highest BCUT2D eigenvalue weighted by Gasteiger charge is 2.20. The normalized spacial score (nSPS) is 10.9. The smallest absolute Gasteiger partial charge is 0.229 e. The van der Waals surface area contributed by atoms with Gasteiger partial charge < -0.3 is 4.90 Å². The van der Waals surface area contributed by atoms with E-state index in [1.54, 1.807) is 23.1 Å². The molecular weight excluding hydrogens is 434 g/mol. The van der Waals surface area contributed by atoms with Crippen molar-refractivity contribution in [3.63, 3.8) is 0 Å². The quantitative estimate of drug-likeness (QED) is 0.351. The van der Waals surface area contributed by atoms with Crippen molar-refractivity contribution in [1.82, 2.24) is 9.88 Å². The summed E-state index contributed by atoms with van der Waals surface area (Å²) in [4.78, 5) is 23.3. The Morgan fingerprint density at radius 3 is 2.50 bits per heavy atom. The summed E-state index contributed by atoms with van der Waals surface area (Å²) in [7, 11) is 0. The zero-order valence-corrected chi connectivity index (χ0v) is 20.3. The Balaban J connectivity index is 0.00000320. The van der Waals surface area contributed by atoms with Gasteiger partial charge in [0.25, 0.3) is 0 Å². The van der Waals surface area contributed by atoms with E-state index >= 15 is 0 Å². The highest BCUT2D eigenvalue weighted by molar-refractivity contribution is 7.99. The Kier molecular flexibility index (Phi) is 10.1. The number of thiazole rings is 1. The molecule has 1 amide bonds. The number of halogens is 1. The van der Waals surface area contributed by atoms with Gasteiger partial charge in [0.05, 0.1) is 10.2 Å². The van der Waals surface area contributed by atoms with E-state index in [-0.39, 0.29) is 18.3 Å². The second-order valence-corrected chi connectivity index (χ2v) is 9.13. The number of likely N-dealkylation sites (N-methyl/N-ethyl adjacent to an activating group) is 1. The number of aryl methyl sites for hydroxylation is 1. The minimum absolute atomic E-state index is 0. The van der Waals surface area contributed by atoms with Gasteiger partial charge in [-0.05, 0) is 49.8 Å². The first-order chi connectivity index (χ1) is 14.1. The van der Waals surface area contributed by atoms with Crippen molar-refractivity contribution in [2.75, 3.05) is 36.8 Å². The van der Waals surface area contributed by atoms with Gasteiger partial charge in [-0.15, -0.1) is 24.2 Å². The van der Waals surface area contributed by atoms with Crippen LogP contribution >= 0.6 is 35.5 Å². The van der Waals surface area contributed by atoms with Crippen LogP contribution < -0.4 is 4.90 Å². The number of nitrogens with zero attached hydrogens (tertiary/aromatic N) is 3. The summed E-state index contributed by atoms with van der Waals surface area (Å²) in [6.07, 6.45) is 0.507. The fraction of sp³-hybridized carbons (Fsp3) is 0.391. The largest absolute Gasteiger partial charge is 0.302 e. The van der Waals surface area contributed by atoms with E-state index < -0.39 is 0 Å². The van der Waals surface area contributed by atoms with Crippen molar-refractivity contribution >= 4 is 56.8 Å². The molecule has 0 radical (unpaired) electrons. The Bertz CT molecular complexity index is 929.